The summed E-state index contributed by atoms with van der Waals surface area (Å²) in [6, 6.07) is 18.4. The molecule has 0 aliphatic rings. The van der Waals surface area contributed by atoms with Crippen LogP contribution < -0.4 is 20.8 Å². The molecule has 1 heterocycles. The van der Waals surface area contributed by atoms with Gasteiger partial charge in [0.15, 0.2) is 11.5 Å². The number of nitrogens with zero attached hydrogens (tertiary/aromatic N) is 2. The van der Waals surface area contributed by atoms with Crippen LogP contribution in [0.15, 0.2) is 65.5 Å². The van der Waals surface area contributed by atoms with E-state index in [0.29, 0.717) is 46.3 Å². The number of nitrogens with two attached hydrogens (primary N) is 1. The van der Waals surface area contributed by atoms with Gasteiger partial charge in [0.25, 0.3) is 5.56 Å². The van der Waals surface area contributed by atoms with Gasteiger partial charge in [0.05, 0.1) is 31.7 Å². The molecule has 0 amide bonds. The van der Waals surface area contributed by atoms with Crippen LogP contribution in [0.1, 0.15) is 11.1 Å². The lowest BCUT2D eigenvalue weighted by Crippen LogP contribution is -2.24. The normalized spacial score (nSPS) is 11.0. The molecule has 0 radical (unpaired) electrons. The lowest BCUT2D eigenvalue weighted by Gasteiger charge is -2.16. The van der Waals surface area contributed by atoms with Crippen molar-refractivity contribution in [3.63, 3.8) is 0 Å². The lowest BCUT2D eigenvalue weighted by atomic mass is 10.1. The molecule has 0 spiro atoms. The third-order valence-corrected chi connectivity index (χ3v) is 5.36. The molecule has 0 atom stereocenters. The van der Waals surface area contributed by atoms with Crippen LogP contribution >= 0.6 is 11.6 Å². The van der Waals surface area contributed by atoms with Crippen LogP contribution in [-0.4, -0.2) is 23.8 Å². The van der Waals surface area contributed by atoms with E-state index in [4.69, 9.17) is 31.8 Å². The highest BCUT2D eigenvalue weighted by Gasteiger charge is 2.16. The van der Waals surface area contributed by atoms with E-state index in [0.717, 1.165) is 16.7 Å². The molecule has 4 rings (SSSR count). The standard InChI is InChI=1S/C24H22ClN3O3/c1-30-21-9-6-17(11-22(21)31-2)23-27-20-12-18(25)7-8-19(20)24(29)28(23)14-16-5-3-4-15(10-16)13-26/h3-12H,13-14,26H2,1-2H3. The van der Waals surface area contributed by atoms with E-state index in [2.05, 4.69) is 0 Å². The second-order valence-electron chi connectivity index (χ2n) is 7.08. The number of fused-ring (bicyclic) bond motifs is 1. The second-order valence-corrected chi connectivity index (χ2v) is 7.52. The van der Waals surface area contributed by atoms with Gasteiger partial charge < -0.3 is 15.2 Å². The molecule has 0 saturated carbocycles. The Balaban J connectivity index is 1.96. The SMILES string of the molecule is COc1ccc(-c2nc3cc(Cl)ccc3c(=O)n2Cc2cccc(CN)c2)cc1OC. The fourth-order valence-corrected chi connectivity index (χ4v) is 3.74. The Bertz CT molecular complexity index is 1320. The van der Waals surface area contributed by atoms with Crippen LogP contribution in [0.4, 0.5) is 0 Å². The van der Waals surface area contributed by atoms with Gasteiger partial charge in [-0.2, -0.15) is 0 Å². The fourth-order valence-electron chi connectivity index (χ4n) is 3.57. The summed E-state index contributed by atoms with van der Waals surface area (Å²) in [7, 11) is 3.15. The number of rotatable bonds is 6. The van der Waals surface area contributed by atoms with Crippen molar-refractivity contribution in [1.29, 1.82) is 0 Å². The average Bonchev–Trinajstić information content (AvgIpc) is 2.80. The molecule has 31 heavy (non-hydrogen) atoms. The minimum absolute atomic E-state index is 0.149. The summed E-state index contributed by atoms with van der Waals surface area (Å²) in [6.45, 7) is 0.779. The van der Waals surface area contributed by atoms with Crippen molar-refractivity contribution in [2.75, 3.05) is 14.2 Å². The summed E-state index contributed by atoms with van der Waals surface area (Å²) in [5.41, 5.74) is 8.87. The van der Waals surface area contributed by atoms with E-state index >= 15 is 0 Å². The largest absolute Gasteiger partial charge is 0.493 e. The van der Waals surface area contributed by atoms with Gasteiger partial charge in [0.2, 0.25) is 0 Å². The minimum Gasteiger partial charge on any atom is -0.493 e. The Morgan fingerprint density at radius 3 is 2.48 bits per heavy atom. The number of hydrogen-bond donors (Lipinski definition) is 1. The van der Waals surface area contributed by atoms with Crippen LogP contribution in [0.2, 0.25) is 5.02 Å². The van der Waals surface area contributed by atoms with Crippen LogP contribution in [-0.2, 0) is 13.1 Å². The highest BCUT2D eigenvalue weighted by atomic mass is 35.5. The van der Waals surface area contributed by atoms with Gasteiger partial charge in [0.1, 0.15) is 5.82 Å². The maximum atomic E-state index is 13.5. The molecule has 0 bridgehead atoms. The number of benzene rings is 3. The number of aromatic nitrogens is 2. The van der Waals surface area contributed by atoms with Crippen molar-refractivity contribution < 1.29 is 9.47 Å². The quantitative estimate of drug-likeness (QED) is 0.490. The van der Waals surface area contributed by atoms with Crippen molar-refractivity contribution in [3.05, 3.63) is 87.2 Å². The van der Waals surface area contributed by atoms with Gasteiger partial charge in [-0.15, -0.1) is 0 Å². The molecular formula is C24H22ClN3O3. The molecular weight excluding hydrogens is 414 g/mol. The average molecular weight is 436 g/mol. The Labute approximate surface area is 184 Å². The first-order valence-corrected chi connectivity index (χ1v) is 10.1. The number of ether oxygens (including phenoxy) is 2. The second kappa shape index (κ2) is 8.79. The molecule has 6 nitrogen and oxygen atoms in total. The predicted octanol–water partition coefficient (Wildman–Crippen LogP) is 4.24. The van der Waals surface area contributed by atoms with Crippen LogP contribution in [0.25, 0.3) is 22.3 Å². The lowest BCUT2D eigenvalue weighted by molar-refractivity contribution is 0.355. The molecule has 0 unspecified atom stereocenters. The van der Waals surface area contributed by atoms with Crippen molar-refractivity contribution in [1.82, 2.24) is 9.55 Å². The highest BCUT2D eigenvalue weighted by molar-refractivity contribution is 6.31. The molecule has 0 aliphatic heterocycles. The maximum Gasteiger partial charge on any atom is 0.261 e. The number of methoxy groups -OCH3 is 2. The summed E-state index contributed by atoms with van der Waals surface area (Å²) in [5.74, 6) is 1.66. The van der Waals surface area contributed by atoms with Gasteiger partial charge in [-0.05, 0) is 47.5 Å². The Kier molecular flexibility index (Phi) is 5.93. The topological polar surface area (TPSA) is 79.4 Å². The van der Waals surface area contributed by atoms with Crippen LogP contribution in [0.3, 0.4) is 0 Å². The smallest absolute Gasteiger partial charge is 0.261 e. The first-order chi connectivity index (χ1) is 15.0. The van der Waals surface area contributed by atoms with Crippen molar-refractivity contribution >= 4 is 22.5 Å². The summed E-state index contributed by atoms with van der Waals surface area (Å²) >= 11 is 6.16. The Hall–Kier alpha value is -3.35. The third kappa shape index (κ3) is 4.13. The van der Waals surface area contributed by atoms with E-state index in [9.17, 15) is 4.79 Å². The molecule has 2 N–H and O–H groups in total. The monoisotopic (exact) mass is 435 g/mol. The minimum atomic E-state index is -0.149. The highest BCUT2D eigenvalue weighted by Crippen LogP contribution is 2.32. The molecule has 3 aromatic carbocycles. The zero-order valence-electron chi connectivity index (χ0n) is 17.3. The van der Waals surface area contributed by atoms with E-state index in [1.165, 1.54) is 0 Å². The first kappa shape index (κ1) is 20.9. The van der Waals surface area contributed by atoms with Gasteiger partial charge in [0, 0.05) is 17.1 Å². The zero-order chi connectivity index (χ0) is 22.0. The van der Waals surface area contributed by atoms with E-state index in [-0.39, 0.29) is 5.56 Å². The van der Waals surface area contributed by atoms with Gasteiger partial charge in [-0.3, -0.25) is 9.36 Å². The molecule has 7 heteroatoms. The van der Waals surface area contributed by atoms with Crippen molar-refractivity contribution in [3.8, 4) is 22.9 Å². The summed E-state index contributed by atoms with van der Waals surface area (Å²) in [4.78, 5) is 18.3. The van der Waals surface area contributed by atoms with Gasteiger partial charge >= 0.3 is 0 Å². The molecule has 0 saturated heterocycles. The zero-order valence-corrected chi connectivity index (χ0v) is 18.0. The number of halogens is 1. The third-order valence-electron chi connectivity index (χ3n) is 5.13. The molecule has 158 valence electrons. The molecule has 1 aromatic heterocycles. The van der Waals surface area contributed by atoms with Crippen LogP contribution in [0, 0.1) is 0 Å². The Morgan fingerprint density at radius 1 is 0.968 bits per heavy atom. The van der Waals surface area contributed by atoms with E-state index < -0.39 is 0 Å². The Morgan fingerprint density at radius 2 is 1.74 bits per heavy atom. The molecule has 4 aromatic rings. The fraction of sp³-hybridized carbons (Fsp3) is 0.167. The summed E-state index contributed by atoms with van der Waals surface area (Å²) in [6.07, 6.45) is 0. The summed E-state index contributed by atoms with van der Waals surface area (Å²) in [5, 5.41) is 1.02. The predicted molar refractivity (Wildman–Crippen MR) is 123 cm³/mol. The number of hydrogen-bond acceptors (Lipinski definition) is 5. The van der Waals surface area contributed by atoms with Crippen molar-refractivity contribution in [2.45, 2.75) is 13.1 Å². The first-order valence-electron chi connectivity index (χ1n) is 9.74. The molecule has 0 aliphatic carbocycles. The molecule has 0 fully saturated rings. The van der Waals surface area contributed by atoms with Crippen LogP contribution in [0.5, 0.6) is 11.5 Å². The summed E-state index contributed by atoms with van der Waals surface area (Å²) < 4.78 is 12.5. The van der Waals surface area contributed by atoms with E-state index in [1.807, 2.05) is 36.4 Å². The maximum absolute atomic E-state index is 13.5. The van der Waals surface area contributed by atoms with Crippen molar-refractivity contribution in [2.24, 2.45) is 5.73 Å². The van der Waals surface area contributed by atoms with E-state index in [1.54, 1.807) is 43.1 Å². The van der Waals surface area contributed by atoms with Gasteiger partial charge in [-0.25, -0.2) is 4.98 Å². The van der Waals surface area contributed by atoms with Gasteiger partial charge in [-0.1, -0.05) is 35.9 Å².